The van der Waals surface area contributed by atoms with Crippen molar-refractivity contribution in [2.75, 3.05) is 13.1 Å². The molecular formula is C17H26N2O4. The lowest BCUT2D eigenvalue weighted by atomic mass is 9.93. The van der Waals surface area contributed by atoms with Gasteiger partial charge in [0.15, 0.2) is 0 Å². The normalized spacial score (nSPS) is 20.5. The maximum Gasteiger partial charge on any atom is 0.270 e. The van der Waals surface area contributed by atoms with Crippen molar-refractivity contribution in [1.82, 2.24) is 4.90 Å². The quantitative estimate of drug-likeness (QED) is 0.643. The van der Waals surface area contributed by atoms with Crippen LogP contribution in [0.5, 0.6) is 5.75 Å². The number of non-ortho nitro benzene ring substituents is 1. The molecular weight excluding hydrogens is 296 g/mol. The Kier molecular flexibility index (Phi) is 5.96. The fraction of sp³-hybridized carbons (Fsp3) is 0.647. The molecule has 6 heteroatoms. The van der Waals surface area contributed by atoms with Gasteiger partial charge in [0.2, 0.25) is 0 Å². The van der Waals surface area contributed by atoms with Crippen LogP contribution in [0.2, 0.25) is 0 Å². The van der Waals surface area contributed by atoms with Crippen LogP contribution in [0.3, 0.4) is 0 Å². The molecule has 1 aromatic carbocycles. The van der Waals surface area contributed by atoms with Crippen molar-refractivity contribution in [1.29, 1.82) is 0 Å². The van der Waals surface area contributed by atoms with Gasteiger partial charge in [-0.3, -0.25) is 15.0 Å². The van der Waals surface area contributed by atoms with E-state index >= 15 is 0 Å². The summed E-state index contributed by atoms with van der Waals surface area (Å²) < 4.78 is 5.80. The lowest BCUT2D eigenvalue weighted by molar-refractivity contribution is -0.385. The summed E-state index contributed by atoms with van der Waals surface area (Å²) in [7, 11) is 0. The standard InChI is InChI=1S/C17H26N2O4/c1-12(2)23-17-7-6-16(19(21)22)9-15(17)11-18-8-4-5-14(10-18)13(3)20/h6-7,9,12-14,20H,4-5,8,10-11H2,1-3H3. The first kappa shape index (κ1) is 17.7. The molecule has 2 atom stereocenters. The summed E-state index contributed by atoms with van der Waals surface area (Å²) in [5.41, 5.74) is 0.916. The van der Waals surface area contributed by atoms with E-state index in [1.165, 1.54) is 6.07 Å². The molecule has 0 radical (unpaired) electrons. The number of rotatable bonds is 6. The Morgan fingerprint density at radius 3 is 2.78 bits per heavy atom. The van der Waals surface area contributed by atoms with Crippen LogP contribution < -0.4 is 4.74 Å². The summed E-state index contributed by atoms with van der Waals surface area (Å²) in [5.74, 6) is 0.960. The zero-order chi connectivity index (χ0) is 17.0. The van der Waals surface area contributed by atoms with Gasteiger partial charge >= 0.3 is 0 Å². The SMILES string of the molecule is CC(C)Oc1ccc([N+](=O)[O-])cc1CN1CCCC(C(C)O)C1. The van der Waals surface area contributed by atoms with E-state index in [4.69, 9.17) is 4.74 Å². The summed E-state index contributed by atoms with van der Waals surface area (Å²) in [6.45, 7) is 8.06. The average Bonchev–Trinajstić information content (AvgIpc) is 2.48. The predicted molar refractivity (Wildman–Crippen MR) is 88.5 cm³/mol. The van der Waals surface area contributed by atoms with Gasteiger partial charge in [-0.2, -0.15) is 0 Å². The minimum absolute atomic E-state index is 0.0155. The second-order valence-electron chi connectivity index (χ2n) is 6.59. The van der Waals surface area contributed by atoms with E-state index in [1.54, 1.807) is 12.1 Å². The number of piperidine rings is 1. The van der Waals surface area contributed by atoms with Crippen LogP contribution >= 0.6 is 0 Å². The summed E-state index contributed by atoms with van der Waals surface area (Å²) in [6, 6.07) is 4.77. The second kappa shape index (κ2) is 7.75. The molecule has 23 heavy (non-hydrogen) atoms. The van der Waals surface area contributed by atoms with Gasteiger partial charge in [0.1, 0.15) is 5.75 Å². The number of hydrogen-bond acceptors (Lipinski definition) is 5. The van der Waals surface area contributed by atoms with Crippen molar-refractivity contribution in [2.45, 2.75) is 52.4 Å². The number of ether oxygens (including phenoxy) is 1. The highest BCUT2D eigenvalue weighted by Gasteiger charge is 2.24. The first-order chi connectivity index (χ1) is 10.9. The number of aliphatic hydroxyl groups excluding tert-OH is 1. The van der Waals surface area contributed by atoms with Gasteiger partial charge in [0.05, 0.1) is 17.1 Å². The Morgan fingerprint density at radius 1 is 1.43 bits per heavy atom. The monoisotopic (exact) mass is 322 g/mol. The van der Waals surface area contributed by atoms with Gasteiger partial charge in [-0.05, 0) is 52.1 Å². The third-order valence-electron chi connectivity index (χ3n) is 4.24. The summed E-state index contributed by atoms with van der Waals surface area (Å²) in [6.07, 6.45) is 1.75. The molecule has 6 nitrogen and oxygen atoms in total. The van der Waals surface area contributed by atoms with E-state index in [0.29, 0.717) is 12.3 Å². The molecule has 1 heterocycles. The van der Waals surface area contributed by atoms with E-state index in [0.717, 1.165) is 31.5 Å². The van der Waals surface area contributed by atoms with Crippen LogP contribution in [0, 0.1) is 16.0 Å². The van der Waals surface area contributed by atoms with E-state index in [1.807, 2.05) is 20.8 Å². The fourth-order valence-corrected chi connectivity index (χ4v) is 3.04. The van der Waals surface area contributed by atoms with Gasteiger partial charge in [-0.1, -0.05) is 0 Å². The number of nitrogens with zero attached hydrogens (tertiary/aromatic N) is 2. The van der Waals surface area contributed by atoms with Crippen molar-refractivity contribution >= 4 is 5.69 Å². The Morgan fingerprint density at radius 2 is 2.17 bits per heavy atom. The minimum Gasteiger partial charge on any atom is -0.491 e. The Hall–Kier alpha value is -1.66. The lowest BCUT2D eigenvalue weighted by Crippen LogP contribution is -2.39. The fourth-order valence-electron chi connectivity index (χ4n) is 3.04. The molecule has 1 N–H and O–H groups in total. The first-order valence-corrected chi connectivity index (χ1v) is 8.21. The average molecular weight is 322 g/mol. The number of aliphatic hydroxyl groups is 1. The molecule has 128 valence electrons. The highest BCUT2D eigenvalue weighted by atomic mass is 16.6. The van der Waals surface area contributed by atoms with Gasteiger partial charge in [-0.25, -0.2) is 0 Å². The minimum atomic E-state index is -0.378. The third kappa shape index (κ3) is 4.91. The maximum absolute atomic E-state index is 11.0. The number of nitro benzene ring substituents is 1. The molecule has 0 aromatic heterocycles. The highest BCUT2D eigenvalue weighted by molar-refractivity contribution is 5.44. The van der Waals surface area contributed by atoms with Crippen LogP contribution in [0.25, 0.3) is 0 Å². The van der Waals surface area contributed by atoms with E-state index in [9.17, 15) is 15.2 Å². The molecule has 1 aliphatic rings. The van der Waals surface area contributed by atoms with Gasteiger partial charge in [-0.15, -0.1) is 0 Å². The number of benzene rings is 1. The molecule has 0 bridgehead atoms. The number of likely N-dealkylation sites (tertiary alicyclic amines) is 1. The second-order valence-corrected chi connectivity index (χ2v) is 6.59. The van der Waals surface area contributed by atoms with Crippen molar-refractivity contribution in [3.05, 3.63) is 33.9 Å². The van der Waals surface area contributed by atoms with Crippen LogP contribution in [0.4, 0.5) is 5.69 Å². The molecule has 1 aromatic rings. The number of hydrogen-bond donors (Lipinski definition) is 1. The van der Waals surface area contributed by atoms with Gasteiger partial charge < -0.3 is 9.84 Å². The largest absolute Gasteiger partial charge is 0.491 e. The summed E-state index contributed by atoms with van der Waals surface area (Å²) in [5, 5.41) is 20.8. The maximum atomic E-state index is 11.0. The third-order valence-corrected chi connectivity index (χ3v) is 4.24. The van der Waals surface area contributed by atoms with E-state index in [2.05, 4.69) is 4.90 Å². The van der Waals surface area contributed by atoms with E-state index < -0.39 is 0 Å². The van der Waals surface area contributed by atoms with Crippen LogP contribution in [0.1, 0.15) is 39.2 Å². The van der Waals surface area contributed by atoms with Crippen molar-refractivity contribution in [3.8, 4) is 5.75 Å². The van der Waals surface area contributed by atoms with Crippen LogP contribution in [0.15, 0.2) is 18.2 Å². The van der Waals surface area contributed by atoms with Crippen molar-refractivity contribution < 1.29 is 14.8 Å². The van der Waals surface area contributed by atoms with Crippen LogP contribution in [-0.4, -0.2) is 40.2 Å². The molecule has 2 unspecified atom stereocenters. The zero-order valence-electron chi connectivity index (χ0n) is 14.1. The Bertz CT molecular complexity index is 545. The molecule has 2 rings (SSSR count). The predicted octanol–water partition coefficient (Wildman–Crippen LogP) is 2.97. The van der Waals surface area contributed by atoms with E-state index in [-0.39, 0.29) is 28.7 Å². The highest BCUT2D eigenvalue weighted by Crippen LogP contribution is 2.28. The lowest BCUT2D eigenvalue weighted by Gasteiger charge is -2.34. The smallest absolute Gasteiger partial charge is 0.270 e. The molecule has 1 saturated heterocycles. The topological polar surface area (TPSA) is 75.8 Å². The first-order valence-electron chi connectivity index (χ1n) is 8.21. The van der Waals surface area contributed by atoms with Gasteiger partial charge in [0.25, 0.3) is 5.69 Å². The number of nitro groups is 1. The molecule has 1 aliphatic heterocycles. The Labute approximate surface area is 137 Å². The Balaban J connectivity index is 2.18. The molecule has 1 fully saturated rings. The molecule has 0 amide bonds. The molecule has 0 saturated carbocycles. The van der Waals surface area contributed by atoms with Gasteiger partial charge in [0, 0.05) is 30.8 Å². The van der Waals surface area contributed by atoms with Crippen molar-refractivity contribution in [3.63, 3.8) is 0 Å². The zero-order valence-corrected chi connectivity index (χ0v) is 14.1. The summed E-state index contributed by atoms with van der Waals surface area (Å²) in [4.78, 5) is 12.9. The molecule has 0 aliphatic carbocycles. The van der Waals surface area contributed by atoms with Crippen LogP contribution in [-0.2, 0) is 6.54 Å². The summed E-state index contributed by atoms with van der Waals surface area (Å²) >= 11 is 0. The molecule has 0 spiro atoms. The van der Waals surface area contributed by atoms with Crippen molar-refractivity contribution in [2.24, 2.45) is 5.92 Å².